The van der Waals surface area contributed by atoms with Crippen LogP contribution in [0.4, 0.5) is 0 Å². The standard InChI is InChI=1S/C19H21N3OS/c20-13-19(9-3-4-10-19)18(23)22-11-7-14(8-12-22)17-21-15-5-1-2-6-16(15)24-17/h1-2,5-6,14H,3-4,7-12H2. The lowest BCUT2D eigenvalue weighted by Gasteiger charge is -2.35. The molecule has 5 heteroatoms. The van der Waals surface area contributed by atoms with Gasteiger partial charge >= 0.3 is 0 Å². The molecule has 0 spiro atoms. The van der Waals surface area contributed by atoms with Gasteiger partial charge in [-0.2, -0.15) is 5.26 Å². The van der Waals surface area contributed by atoms with Crippen LogP contribution in [0.5, 0.6) is 0 Å². The summed E-state index contributed by atoms with van der Waals surface area (Å²) in [5.41, 5.74) is 0.341. The quantitative estimate of drug-likeness (QED) is 0.828. The molecule has 1 amide bonds. The van der Waals surface area contributed by atoms with Gasteiger partial charge in [-0.3, -0.25) is 4.79 Å². The summed E-state index contributed by atoms with van der Waals surface area (Å²) in [6.07, 6.45) is 5.38. The van der Waals surface area contributed by atoms with Crippen molar-refractivity contribution in [2.75, 3.05) is 13.1 Å². The van der Waals surface area contributed by atoms with E-state index in [9.17, 15) is 10.1 Å². The molecule has 0 unspecified atom stereocenters. The minimum absolute atomic E-state index is 0.0743. The van der Waals surface area contributed by atoms with Crippen LogP contribution < -0.4 is 0 Å². The first kappa shape index (κ1) is 15.6. The number of nitriles is 1. The first-order chi connectivity index (χ1) is 11.7. The fourth-order valence-corrected chi connectivity index (χ4v) is 5.19. The fourth-order valence-electron chi connectivity index (χ4n) is 4.05. The second kappa shape index (κ2) is 6.18. The van der Waals surface area contributed by atoms with Crippen molar-refractivity contribution < 1.29 is 4.79 Å². The Labute approximate surface area is 146 Å². The van der Waals surface area contributed by atoms with Gasteiger partial charge in [-0.25, -0.2) is 4.98 Å². The van der Waals surface area contributed by atoms with Gasteiger partial charge in [0.1, 0.15) is 5.41 Å². The maximum absolute atomic E-state index is 12.8. The number of para-hydroxylation sites is 1. The highest BCUT2D eigenvalue weighted by atomic mass is 32.1. The molecular weight excluding hydrogens is 318 g/mol. The van der Waals surface area contributed by atoms with Crippen LogP contribution in [0.15, 0.2) is 24.3 Å². The Morgan fingerprint density at radius 1 is 1.25 bits per heavy atom. The number of rotatable bonds is 2. The Morgan fingerprint density at radius 2 is 1.96 bits per heavy atom. The van der Waals surface area contributed by atoms with Gasteiger partial charge in [-0.05, 0) is 37.8 Å². The summed E-state index contributed by atoms with van der Waals surface area (Å²) in [6.45, 7) is 1.51. The molecule has 1 aromatic heterocycles. The third kappa shape index (κ3) is 2.59. The van der Waals surface area contributed by atoms with E-state index in [-0.39, 0.29) is 5.91 Å². The average molecular weight is 339 g/mol. The largest absolute Gasteiger partial charge is 0.341 e. The fraction of sp³-hybridized carbons (Fsp3) is 0.526. The summed E-state index contributed by atoms with van der Waals surface area (Å²) in [5, 5.41) is 10.7. The summed E-state index contributed by atoms with van der Waals surface area (Å²) in [4.78, 5) is 19.5. The highest BCUT2D eigenvalue weighted by Gasteiger charge is 2.44. The van der Waals surface area contributed by atoms with Crippen LogP contribution in [0.25, 0.3) is 10.2 Å². The molecule has 1 aromatic carbocycles. The van der Waals surface area contributed by atoms with E-state index in [0.717, 1.165) is 57.1 Å². The number of carbonyl (C=O) groups excluding carboxylic acids is 1. The van der Waals surface area contributed by atoms with Crippen LogP contribution >= 0.6 is 11.3 Å². The minimum atomic E-state index is -0.733. The van der Waals surface area contributed by atoms with Gasteiger partial charge in [-0.1, -0.05) is 25.0 Å². The maximum Gasteiger partial charge on any atom is 0.243 e. The lowest BCUT2D eigenvalue weighted by atomic mass is 9.85. The number of piperidine rings is 1. The lowest BCUT2D eigenvalue weighted by Crippen LogP contribution is -2.45. The van der Waals surface area contributed by atoms with E-state index in [4.69, 9.17) is 4.98 Å². The Balaban J connectivity index is 1.45. The Kier molecular flexibility index (Phi) is 4.01. The van der Waals surface area contributed by atoms with E-state index >= 15 is 0 Å². The highest BCUT2D eigenvalue weighted by molar-refractivity contribution is 7.18. The number of hydrogen-bond acceptors (Lipinski definition) is 4. The lowest BCUT2D eigenvalue weighted by molar-refractivity contribution is -0.139. The van der Waals surface area contributed by atoms with E-state index in [2.05, 4.69) is 24.3 Å². The van der Waals surface area contributed by atoms with Gasteiger partial charge in [0.05, 0.1) is 21.3 Å². The molecule has 0 radical (unpaired) electrons. The van der Waals surface area contributed by atoms with Crippen LogP contribution in [0.1, 0.15) is 49.5 Å². The maximum atomic E-state index is 12.8. The van der Waals surface area contributed by atoms with Gasteiger partial charge in [-0.15, -0.1) is 11.3 Å². The average Bonchev–Trinajstić information content (AvgIpc) is 3.28. The molecule has 1 saturated heterocycles. The van der Waals surface area contributed by atoms with E-state index < -0.39 is 5.41 Å². The minimum Gasteiger partial charge on any atom is -0.341 e. The zero-order valence-electron chi connectivity index (χ0n) is 13.7. The molecule has 2 fully saturated rings. The summed E-state index contributed by atoms with van der Waals surface area (Å²) in [5.74, 6) is 0.512. The molecule has 4 nitrogen and oxygen atoms in total. The molecule has 1 aliphatic carbocycles. The van der Waals surface area contributed by atoms with Gasteiger partial charge in [0, 0.05) is 19.0 Å². The molecule has 2 aromatic rings. The van der Waals surface area contributed by atoms with E-state index in [0.29, 0.717) is 5.92 Å². The van der Waals surface area contributed by atoms with E-state index in [1.807, 2.05) is 11.0 Å². The molecule has 124 valence electrons. The molecule has 2 aliphatic rings. The molecule has 0 atom stereocenters. The van der Waals surface area contributed by atoms with Crippen LogP contribution in [-0.2, 0) is 4.79 Å². The van der Waals surface area contributed by atoms with Crippen LogP contribution in [0.3, 0.4) is 0 Å². The Hall–Kier alpha value is -1.93. The monoisotopic (exact) mass is 339 g/mol. The van der Waals surface area contributed by atoms with Gasteiger partial charge in [0.25, 0.3) is 0 Å². The van der Waals surface area contributed by atoms with Crippen molar-refractivity contribution in [2.24, 2.45) is 5.41 Å². The molecule has 0 N–H and O–H groups in total. The van der Waals surface area contributed by atoms with E-state index in [1.165, 1.54) is 9.71 Å². The van der Waals surface area contributed by atoms with E-state index in [1.54, 1.807) is 11.3 Å². The summed E-state index contributed by atoms with van der Waals surface area (Å²) >= 11 is 1.78. The van der Waals surface area contributed by atoms with Gasteiger partial charge < -0.3 is 4.90 Å². The third-order valence-electron chi connectivity index (χ3n) is 5.52. The first-order valence-corrected chi connectivity index (χ1v) is 9.60. The zero-order valence-corrected chi connectivity index (χ0v) is 14.5. The van der Waals surface area contributed by atoms with Crippen molar-refractivity contribution in [3.63, 3.8) is 0 Å². The van der Waals surface area contributed by atoms with Crippen molar-refractivity contribution in [3.8, 4) is 6.07 Å². The second-order valence-corrected chi connectivity index (χ2v) is 8.05. The SMILES string of the molecule is N#CC1(C(=O)N2CCC(c3nc4ccccc4s3)CC2)CCCC1. The number of likely N-dealkylation sites (tertiary alicyclic amines) is 1. The number of aromatic nitrogens is 1. The molecule has 24 heavy (non-hydrogen) atoms. The second-order valence-electron chi connectivity index (χ2n) is 6.99. The molecule has 1 aliphatic heterocycles. The van der Waals surface area contributed by atoms with Gasteiger partial charge in [0.15, 0.2) is 0 Å². The summed E-state index contributed by atoms with van der Waals surface area (Å²) < 4.78 is 1.24. The van der Waals surface area contributed by atoms with Crippen LogP contribution in [-0.4, -0.2) is 28.9 Å². The predicted molar refractivity (Wildman–Crippen MR) is 94.7 cm³/mol. The molecular formula is C19H21N3OS. The van der Waals surface area contributed by atoms with Gasteiger partial charge in [0.2, 0.25) is 5.91 Å². The summed E-state index contributed by atoms with van der Waals surface area (Å²) in [7, 11) is 0. The van der Waals surface area contributed by atoms with Crippen LogP contribution in [0, 0.1) is 16.7 Å². The number of amides is 1. The third-order valence-corrected chi connectivity index (χ3v) is 6.72. The van der Waals surface area contributed by atoms with Crippen molar-refractivity contribution >= 4 is 27.5 Å². The molecule has 4 rings (SSSR count). The number of thiazole rings is 1. The number of fused-ring (bicyclic) bond motifs is 1. The molecule has 2 heterocycles. The summed E-state index contributed by atoms with van der Waals surface area (Å²) in [6, 6.07) is 10.6. The number of hydrogen-bond donors (Lipinski definition) is 0. The highest BCUT2D eigenvalue weighted by Crippen LogP contribution is 2.41. The van der Waals surface area contributed by atoms with Crippen LogP contribution in [0.2, 0.25) is 0 Å². The first-order valence-electron chi connectivity index (χ1n) is 8.78. The zero-order chi connectivity index (χ0) is 16.6. The van der Waals surface area contributed by atoms with Crippen molar-refractivity contribution in [1.82, 2.24) is 9.88 Å². The number of nitrogens with zero attached hydrogens (tertiary/aromatic N) is 3. The topological polar surface area (TPSA) is 57.0 Å². The molecule has 0 bridgehead atoms. The number of benzene rings is 1. The van der Waals surface area contributed by atoms with Crippen molar-refractivity contribution in [1.29, 1.82) is 5.26 Å². The Morgan fingerprint density at radius 3 is 2.62 bits per heavy atom. The smallest absolute Gasteiger partial charge is 0.243 e. The molecule has 1 saturated carbocycles. The Bertz CT molecular complexity index is 759. The number of carbonyl (C=O) groups is 1. The van der Waals surface area contributed by atoms with Crippen molar-refractivity contribution in [3.05, 3.63) is 29.3 Å². The normalized spacial score (nSPS) is 21.0. The predicted octanol–water partition coefficient (Wildman–Crippen LogP) is 4.09. The van der Waals surface area contributed by atoms with Crippen molar-refractivity contribution in [2.45, 2.75) is 44.4 Å².